The van der Waals surface area contributed by atoms with Crippen LogP contribution in [-0.2, 0) is 29.5 Å². The van der Waals surface area contributed by atoms with Gasteiger partial charge < -0.3 is 44.4 Å². The van der Waals surface area contributed by atoms with E-state index in [1.807, 2.05) is 47.8 Å². The number of hydrogen-bond acceptors (Lipinski definition) is 11. The van der Waals surface area contributed by atoms with Crippen molar-refractivity contribution in [1.29, 1.82) is 0 Å². The van der Waals surface area contributed by atoms with Crippen LogP contribution in [0.15, 0.2) is 90.6 Å². The fourth-order valence-electron chi connectivity index (χ4n) is 8.30. The van der Waals surface area contributed by atoms with Gasteiger partial charge in [0.25, 0.3) is 5.91 Å². The molecule has 2 aliphatic rings. The number of carbonyl (C=O) groups excluding carboxylic acids is 4. The molecule has 324 valence electrons. The van der Waals surface area contributed by atoms with Gasteiger partial charge in [0, 0.05) is 37.1 Å². The summed E-state index contributed by atoms with van der Waals surface area (Å²) >= 11 is 1.40. The number of likely N-dealkylation sites (tertiary alicyclic amines) is 2. The van der Waals surface area contributed by atoms with Crippen LogP contribution < -0.4 is 5.32 Å². The smallest absolute Gasteiger partial charge is 0.453 e. The molecule has 3 aromatic heterocycles. The van der Waals surface area contributed by atoms with Crippen molar-refractivity contribution in [1.82, 2.24) is 35.1 Å². The summed E-state index contributed by atoms with van der Waals surface area (Å²) in [5.74, 6) is -0.849. The average Bonchev–Trinajstić information content (AvgIpc) is 4.18. The topological polar surface area (TPSA) is 196 Å². The fraction of sp³-hybridized carbons (Fsp3) is 0.326. The summed E-state index contributed by atoms with van der Waals surface area (Å²) in [6, 6.07) is 25.7. The van der Waals surface area contributed by atoms with Gasteiger partial charge in [-0.25, -0.2) is 14.8 Å². The second kappa shape index (κ2) is 18.2. The van der Waals surface area contributed by atoms with Gasteiger partial charge in [0.15, 0.2) is 17.5 Å². The molecule has 2 fully saturated rings. The molecule has 63 heavy (non-hydrogen) atoms. The number of alkyl carbamates (subject to hydrolysis) is 1. The van der Waals surface area contributed by atoms with Crippen LogP contribution in [0.3, 0.4) is 0 Å². The number of carbonyl (C=O) groups is 4. The van der Waals surface area contributed by atoms with E-state index in [9.17, 15) is 24.3 Å². The van der Waals surface area contributed by atoms with Crippen LogP contribution in [-0.4, -0.2) is 99.4 Å². The van der Waals surface area contributed by atoms with E-state index >= 15 is 0 Å². The second-order valence-corrected chi connectivity index (χ2v) is 16.5. The number of hydrogen-bond donors (Lipinski definition) is 4. The molecule has 0 bridgehead atoms. The first-order valence-corrected chi connectivity index (χ1v) is 21.4. The summed E-state index contributed by atoms with van der Waals surface area (Å²) in [4.78, 5) is 74.8. The third kappa shape index (κ3) is 8.65. The lowest BCUT2D eigenvalue weighted by molar-refractivity contribution is -0.161. The van der Waals surface area contributed by atoms with E-state index in [0.29, 0.717) is 24.5 Å². The van der Waals surface area contributed by atoms with Crippen LogP contribution in [0.1, 0.15) is 61.2 Å². The Bertz CT molecular complexity index is 2700. The highest BCUT2D eigenvalue weighted by atomic mass is 32.1. The monoisotopic (exact) mass is 871 g/mol. The summed E-state index contributed by atoms with van der Waals surface area (Å²) < 4.78 is 14.8. The van der Waals surface area contributed by atoms with E-state index in [4.69, 9.17) is 14.5 Å². The molecular weight excluding hydrogens is 825 g/mol. The van der Waals surface area contributed by atoms with Crippen molar-refractivity contribution in [2.45, 2.75) is 56.5 Å². The summed E-state index contributed by atoms with van der Waals surface area (Å²) in [5, 5.41) is 18.5. The van der Waals surface area contributed by atoms with Gasteiger partial charge in [-0.15, -0.1) is 11.3 Å². The van der Waals surface area contributed by atoms with Crippen molar-refractivity contribution in [2.24, 2.45) is 5.92 Å². The predicted molar refractivity (Wildman–Crippen MR) is 235 cm³/mol. The van der Waals surface area contributed by atoms with Crippen LogP contribution in [0.2, 0.25) is 0 Å². The molecular formula is C46H47N8O8S+. The average molecular weight is 872 g/mol. The summed E-state index contributed by atoms with van der Waals surface area (Å²) in [5.41, 5.74) is 3.67. The highest BCUT2D eigenvalue weighted by molar-refractivity contribution is 7.10. The van der Waals surface area contributed by atoms with Crippen LogP contribution in [0.25, 0.3) is 49.3 Å². The number of amides is 4. The molecule has 5 atom stereocenters. The first kappa shape index (κ1) is 42.8. The number of benzene rings is 3. The highest BCUT2D eigenvalue weighted by Crippen LogP contribution is 2.39. The van der Waals surface area contributed by atoms with Crippen LogP contribution in [0, 0.1) is 12.0 Å². The molecule has 17 heteroatoms. The molecule has 0 spiro atoms. The number of ether oxygens (including phenoxy) is 3. The molecule has 6 aromatic rings. The molecule has 0 aliphatic carbocycles. The summed E-state index contributed by atoms with van der Waals surface area (Å²) in [6.07, 6.45) is 3.54. The van der Waals surface area contributed by atoms with Gasteiger partial charge in [-0.1, -0.05) is 54.6 Å². The van der Waals surface area contributed by atoms with Gasteiger partial charge in [0.2, 0.25) is 5.91 Å². The van der Waals surface area contributed by atoms with E-state index in [1.165, 1.54) is 37.6 Å². The largest absolute Gasteiger partial charge is 0.727 e. The van der Waals surface area contributed by atoms with Gasteiger partial charge in [0.05, 0.1) is 55.0 Å². The Morgan fingerprint density at radius 3 is 2.29 bits per heavy atom. The molecule has 0 radical (unpaired) electrons. The standard InChI is InChI=1S/C46H46N8O8S/c1-27(60-2)34(24-49-44(57)61-3)41(55)54-20-7-18-46(54,59)43-48-26-36(51-43)33-17-16-31-22-30(14-15-32(31)23-33)28-10-12-29(13-11-28)35-25-47-40(50-35)37-8-5-19-53(37)42(56)39(52-45(58)62-4)38-9-6-21-63-38/h6,9-17,21-23,25-27,34,37,39,59H,5,7-8,18-20H2,1-4H3,(H2-,47,48,50,51,52,58)/p+1/t27-,34?,37+,39-,46+/m1/s1. The lowest BCUT2D eigenvalue weighted by Crippen LogP contribution is -2.49. The maximum atomic E-state index is 13.8. The van der Waals surface area contributed by atoms with Crippen molar-refractivity contribution in [3.63, 3.8) is 0 Å². The van der Waals surface area contributed by atoms with Crippen molar-refractivity contribution < 1.29 is 38.5 Å². The Morgan fingerprint density at radius 2 is 1.57 bits per heavy atom. The number of aromatic amines is 2. The van der Waals surface area contributed by atoms with E-state index < -0.39 is 41.9 Å². The van der Waals surface area contributed by atoms with E-state index in [1.54, 1.807) is 24.2 Å². The molecule has 2 saturated heterocycles. The third-order valence-electron chi connectivity index (χ3n) is 11.8. The first-order chi connectivity index (χ1) is 30.5. The van der Waals surface area contributed by atoms with Crippen molar-refractivity contribution in [3.05, 3.63) is 112 Å². The quantitative estimate of drug-likeness (QED) is 0.101. The number of methoxy groups -OCH3 is 3. The van der Waals surface area contributed by atoms with E-state index in [-0.39, 0.29) is 30.7 Å². The van der Waals surface area contributed by atoms with Crippen LogP contribution >= 0.6 is 11.3 Å². The van der Waals surface area contributed by atoms with Crippen molar-refractivity contribution in [2.75, 3.05) is 34.4 Å². The van der Waals surface area contributed by atoms with E-state index in [2.05, 4.69) is 66.3 Å². The van der Waals surface area contributed by atoms with Crippen LogP contribution in [0.4, 0.5) is 9.59 Å². The zero-order valence-corrected chi connectivity index (χ0v) is 36.0. The Labute approximate surface area is 367 Å². The third-order valence-corrected chi connectivity index (χ3v) is 12.7. The Kier molecular flexibility index (Phi) is 12.4. The molecule has 1 unspecified atom stereocenters. The normalized spacial score (nSPS) is 18.7. The summed E-state index contributed by atoms with van der Waals surface area (Å²) in [7, 11) is 3.90. The van der Waals surface area contributed by atoms with Crippen LogP contribution in [0.5, 0.6) is 0 Å². The number of imidazole rings is 2. The van der Waals surface area contributed by atoms with Gasteiger partial charge in [-0.05, 0) is 77.2 Å². The molecule has 8 rings (SSSR count). The zero-order valence-electron chi connectivity index (χ0n) is 35.2. The molecule has 3 aromatic carbocycles. The Hall–Kier alpha value is -6.87. The number of nitrogens with zero attached hydrogens (tertiary/aromatic N) is 5. The molecule has 2 aliphatic heterocycles. The number of thiophene rings is 1. The number of aromatic nitrogens is 4. The maximum Gasteiger partial charge on any atom is 0.727 e. The van der Waals surface area contributed by atoms with Gasteiger partial charge in [-0.3, -0.25) is 9.59 Å². The lowest BCUT2D eigenvalue weighted by atomic mass is 9.98. The van der Waals surface area contributed by atoms with Gasteiger partial charge >= 0.3 is 18.3 Å². The second-order valence-electron chi connectivity index (χ2n) is 15.5. The summed E-state index contributed by atoms with van der Waals surface area (Å²) in [6.45, 7) is 2.48. The molecule has 0 saturated carbocycles. The Morgan fingerprint density at radius 1 is 0.873 bits per heavy atom. The van der Waals surface area contributed by atoms with Gasteiger partial charge in [-0.2, -0.15) is 4.79 Å². The molecule has 4 amide bonds. The molecule has 4 N–H and O–H groups in total. The number of nitrogens with one attached hydrogen (secondary N) is 3. The number of H-pyrrole nitrogens is 2. The molecule has 5 heterocycles. The van der Waals surface area contributed by atoms with Gasteiger partial charge in [0.1, 0.15) is 11.9 Å². The minimum atomic E-state index is -1.72. The lowest BCUT2D eigenvalue weighted by Gasteiger charge is -2.33. The fourth-order valence-corrected chi connectivity index (χ4v) is 9.07. The van der Waals surface area contributed by atoms with Crippen molar-refractivity contribution in [3.8, 4) is 39.7 Å². The van der Waals surface area contributed by atoms with Crippen molar-refractivity contribution >= 4 is 46.1 Å². The predicted octanol–water partition coefficient (Wildman–Crippen LogP) is 7.63. The molecule has 16 nitrogen and oxygen atoms in total. The van der Waals surface area contributed by atoms with E-state index in [0.717, 1.165) is 56.4 Å². The number of aliphatic hydroxyl groups is 1. The number of rotatable bonds is 11. The maximum absolute atomic E-state index is 13.8. The SMILES string of the molecule is COC(=O)[N+]#CC(C(=O)N1CCC[C@]1(O)c1ncc(-c2ccc3cc(-c4ccc(-c5cnc([C@@H]6CCCN6C(=O)[C@H](NC(=O)OC)c6cccs6)[nH]5)cc4)ccc3c2)[nH]1)[C@@H](C)OC. The zero-order chi connectivity index (χ0) is 44.3. The minimum Gasteiger partial charge on any atom is -0.453 e. The Balaban J connectivity index is 0.955. The first-order valence-electron chi connectivity index (χ1n) is 20.6. The number of fused-ring (bicyclic) bond motifs is 1. The highest BCUT2D eigenvalue weighted by Gasteiger charge is 2.49. The minimum absolute atomic E-state index is 0.205.